The fourth-order valence-corrected chi connectivity index (χ4v) is 0.885. The number of rotatable bonds is 5. The van der Waals surface area contributed by atoms with Gasteiger partial charge in [-0.25, -0.2) is 4.79 Å². The summed E-state index contributed by atoms with van der Waals surface area (Å²) >= 11 is 0. The molecule has 1 unspecified atom stereocenters. The Kier molecular flexibility index (Phi) is 2.65. The molecule has 1 saturated heterocycles. The van der Waals surface area contributed by atoms with Crippen molar-refractivity contribution < 1.29 is 14.6 Å². The van der Waals surface area contributed by atoms with Gasteiger partial charge in [-0.05, 0) is 19.3 Å². The third-order valence-corrected chi connectivity index (χ3v) is 1.71. The van der Waals surface area contributed by atoms with Crippen LogP contribution in [0.1, 0.15) is 19.3 Å². The molecule has 0 spiro atoms. The first-order chi connectivity index (χ1) is 5.20. The molecule has 3 nitrogen and oxygen atoms in total. The molecule has 62 valence electrons. The number of hydrogen-bond acceptors (Lipinski definition) is 2. The van der Waals surface area contributed by atoms with Gasteiger partial charge in [0, 0.05) is 5.57 Å². The topological polar surface area (TPSA) is 49.8 Å². The first kappa shape index (κ1) is 8.27. The monoisotopic (exact) mass is 156 g/mol. The van der Waals surface area contributed by atoms with Crippen LogP contribution in [0.2, 0.25) is 0 Å². The van der Waals surface area contributed by atoms with E-state index in [0.29, 0.717) is 18.1 Å². The molecule has 1 N–H and O–H groups in total. The summed E-state index contributed by atoms with van der Waals surface area (Å²) in [6, 6.07) is 0. The van der Waals surface area contributed by atoms with E-state index in [0.717, 1.165) is 19.4 Å². The lowest BCUT2D eigenvalue weighted by molar-refractivity contribution is -0.132. The molecule has 1 atom stereocenters. The second-order valence-corrected chi connectivity index (χ2v) is 2.76. The highest BCUT2D eigenvalue weighted by Gasteiger charge is 2.21. The standard InChI is InChI=1S/C8H12O3/c1-6(8(9)10)3-2-4-7-5-11-7/h7H,1-5H2,(H,9,10). The molecular weight excluding hydrogens is 144 g/mol. The molecule has 3 heteroatoms. The zero-order valence-corrected chi connectivity index (χ0v) is 6.38. The van der Waals surface area contributed by atoms with Crippen LogP contribution in [0.4, 0.5) is 0 Å². The maximum atomic E-state index is 10.3. The first-order valence-electron chi connectivity index (χ1n) is 3.73. The molecule has 1 heterocycles. The molecule has 0 aromatic carbocycles. The van der Waals surface area contributed by atoms with E-state index in [1.165, 1.54) is 0 Å². The van der Waals surface area contributed by atoms with Gasteiger partial charge in [0.15, 0.2) is 0 Å². The van der Waals surface area contributed by atoms with Crippen LogP contribution in [-0.2, 0) is 9.53 Å². The summed E-state index contributed by atoms with van der Waals surface area (Å²) in [4.78, 5) is 10.3. The average molecular weight is 156 g/mol. The smallest absolute Gasteiger partial charge is 0.330 e. The number of carboxylic acid groups (broad SMARTS) is 1. The molecule has 1 fully saturated rings. The summed E-state index contributed by atoms with van der Waals surface area (Å²) in [7, 11) is 0. The van der Waals surface area contributed by atoms with E-state index < -0.39 is 5.97 Å². The van der Waals surface area contributed by atoms with Crippen LogP contribution in [-0.4, -0.2) is 23.8 Å². The normalized spacial score (nSPS) is 21.3. The Hall–Kier alpha value is -0.830. The molecule has 0 bridgehead atoms. The number of carboxylic acids is 1. The number of hydrogen-bond donors (Lipinski definition) is 1. The fourth-order valence-electron chi connectivity index (χ4n) is 0.885. The Bertz CT molecular complexity index is 170. The lowest BCUT2D eigenvalue weighted by Crippen LogP contribution is -1.99. The predicted octanol–water partition coefficient (Wildman–Crippen LogP) is 1.20. The second-order valence-electron chi connectivity index (χ2n) is 2.76. The van der Waals surface area contributed by atoms with E-state index in [4.69, 9.17) is 9.84 Å². The fraction of sp³-hybridized carbons (Fsp3) is 0.625. The van der Waals surface area contributed by atoms with Crippen LogP contribution in [0, 0.1) is 0 Å². The van der Waals surface area contributed by atoms with Crippen molar-refractivity contribution >= 4 is 5.97 Å². The Labute approximate surface area is 65.7 Å². The van der Waals surface area contributed by atoms with E-state index in [9.17, 15) is 4.79 Å². The van der Waals surface area contributed by atoms with Crippen molar-refractivity contribution in [3.63, 3.8) is 0 Å². The molecule has 1 rings (SSSR count). The van der Waals surface area contributed by atoms with Gasteiger partial charge in [-0.1, -0.05) is 6.58 Å². The van der Waals surface area contributed by atoms with Crippen molar-refractivity contribution in [3.8, 4) is 0 Å². The summed E-state index contributed by atoms with van der Waals surface area (Å²) in [5.74, 6) is -0.887. The summed E-state index contributed by atoms with van der Waals surface area (Å²) in [6.45, 7) is 4.28. The molecule has 0 saturated carbocycles. The summed E-state index contributed by atoms with van der Waals surface area (Å²) in [5.41, 5.74) is 0.297. The van der Waals surface area contributed by atoms with Crippen molar-refractivity contribution in [2.24, 2.45) is 0 Å². The molecule has 1 aliphatic heterocycles. The van der Waals surface area contributed by atoms with Gasteiger partial charge < -0.3 is 9.84 Å². The Balaban J connectivity index is 2.01. The minimum Gasteiger partial charge on any atom is -0.478 e. The van der Waals surface area contributed by atoms with E-state index in [-0.39, 0.29) is 0 Å². The SMILES string of the molecule is C=C(CCCC1CO1)C(=O)O. The van der Waals surface area contributed by atoms with Crippen molar-refractivity contribution in [1.29, 1.82) is 0 Å². The first-order valence-corrected chi connectivity index (χ1v) is 3.73. The Morgan fingerprint density at radius 1 is 1.73 bits per heavy atom. The average Bonchev–Trinajstić information content (AvgIpc) is 2.71. The molecule has 0 radical (unpaired) electrons. The van der Waals surface area contributed by atoms with Gasteiger partial charge in [-0.15, -0.1) is 0 Å². The van der Waals surface area contributed by atoms with Crippen LogP contribution in [0.5, 0.6) is 0 Å². The minimum absolute atomic E-state index is 0.297. The number of carbonyl (C=O) groups is 1. The molecule has 0 aromatic rings. The zero-order valence-electron chi connectivity index (χ0n) is 6.38. The number of epoxide rings is 1. The van der Waals surface area contributed by atoms with E-state index in [2.05, 4.69) is 6.58 Å². The van der Waals surface area contributed by atoms with Crippen LogP contribution in [0.25, 0.3) is 0 Å². The van der Waals surface area contributed by atoms with Crippen LogP contribution < -0.4 is 0 Å². The van der Waals surface area contributed by atoms with Gasteiger partial charge in [-0.3, -0.25) is 0 Å². The van der Waals surface area contributed by atoms with Gasteiger partial charge in [0.1, 0.15) is 0 Å². The third-order valence-electron chi connectivity index (χ3n) is 1.71. The van der Waals surface area contributed by atoms with Gasteiger partial charge in [0.2, 0.25) is 0 Å². The highest BCUT2D eigenvalue weighted by Crippen LogP contribution is 2.17. The van der Waals surface area contributed by atoms with Crippen molar-refractivity contribution in [2.75, 3.05) is 6.61 Å². The Morgan fingerprint density at radius 3 is 2.82 bits per heavy atom. The molecule has 1 aliphatic rings. The van der Waals surface area contributed by atoms with Gasteiger partial charge in [-0.2, -0.15) is 0 Å². The van der Waals surface area contributed by atoms with E-state index >= 15 is 0 Å². The summed E-state index contributed by atoms with van der Waals surface area (Å²) in [5, 5.41) is 8.43. The van der Waals surface area contributed by atoms with Crippen LogP contribution in [0.15, 0.2) is 12.2 Å². The summed E-state index contributed by atoms with van der Waals surface area (Å²) in [6.07, 6.45) is 2.81. The Morgan fingerprint density at radius 2 is 2.36 bits per heavy atom. The van der Waals surface area contributed by atoms with E-state index in [1.807, 2.05) is 0 Å². The zero-order chi connectivity index (χ0) is 8.27. The molecule has 11 heavy (non-hydrogen) atoms. The van der Waals surface area contributed by atoms with Crippen molar-refractivity contribution in [1.82, 2.24) is 0 Å². The molecule has 0 amide bonds. The third kappa shape index (κ3) is 3.18. The van der Waals surface area contributed by atoms with Crippen LogP contribution >= 0.6 is 0 Å². The number of ether oxygens (including phenoxy) is 1. The number of aliphatic carboxylic acids is 1. The van der Waals surface area contributed by atoms with Gasteiger partial charge >= 0.3 is 5.97 Å². The lowest BCUT2D eigenvalue weighted by Gasteiger charge is -1.97. The minimum atomic E-state index is -0.887. The van der Waals surface area contributed by atoms with Gasteiger partial charge in [0.05, 0.1) is 12.7 Å². The van der Waals surface area contributed by atoms with E-state index in [1.54, 1.807) is 0 Å². The maximum Gasteiger partial charge on any atom is 0.330 e. The quantitative estimate of drug-likeness (QED) is 0.480. The maximum absolute atomic E-state index is 10.3. The molecule has 0 aliphatic carbocycles. The predicted molar refractivity (Wildman–Crippen MR) is 40.4 cm³/mol. The van der Waals surface area contributed by atoms with Gasteiger partial charge in [0.25, 0.3) is 0 Å². The lowest BCUT2D eigenvalue weighted by atomic mass is 10.1. The second kappa shape index (κ2) is 3.53. The van der Waals surface area contributed by atoms with Crippen molar-refractivity contribution in [3.05, 3.63) is 12.2 Å². The van der Waals surface area contributed by atoms with Crippen molar-refractivity contribution in [2.45, 2.75) is 25.4 Å². The highest BCUT2D eigenvalue weighted by atomic mass is 16.6. The van der Waals surface area contributed by atoms with Crippen LogP contribution in [0.3, 0.4) is 0 Å². The molecule has 0 aromatic heterocycles. The summed E-state index contributed by atoms with van der Waals surface area (Å²) < 4.78 is 4.97. The highest BCUT2D eigenvalue weighted by molar-refractivity contribution is 5.85. The molecular formula is C8H12O3. The largest absolute Gasteiger partial charge is 0.478 e.